The Bertz CT molecular complexity index is 555. The van der Waals surface area contributed by atoms with Crippen LogP contribution in [-0.4, -0.2) is 11.7 Å². The molecule has 0 amide bonds. The zero-order valence-corrected chi connectivity index (χ0v) is 12.2. The van der Waals surface area contributed by atoms with Gasteiger partial charge in [-0.3, -0.25) is 0 Å². The number of ether oxygens (including phenoxy) is 2. The average Bonchev–Trinajstić information content (AvgIpc) is 2.43. The molecule has 0 heterocycles. The van der Waals surface area contributed by atoms with Crippen molar-refractivity contribution in [3.05, 3.63) is 52.5 Å². The lowest BCUT2D eigenvalue weighted by Gasteiger charge is -2.13. The minimum atomic E-state index is -0.0778. The van der Waals surface area contributed by atoms with Gasteiger partial charge in [0.25, 0.3) is 0 Å². The fraction of sp³-hybridized carbons (Fsp3) is 0.200. The predicted octanol–water partition coefficient (Wildman–Crippen LogP) is 4.13. The fourth-order valence-electron chi connectivity index (χ4n) is 1.70. The Morgan fingerprint density at radius 2 is 1.79 bits per heavy atom. The van der Waals surface area contributed by atoms with Crippen molar-refractivity contribution in [2.24, 2.45) is 0 Å². The lowest BCUT2D eigenvalue weighted by atomic mass is 10.2. The zero-order chi connectivity index (χ0) is 13.7. The monoisotopic (exact) mass is 322 g/mol. The van der Waals surface area contributed by atoms with Gasteiger partial charge in [0.15, 0.2) is 11.5 Å². The Kier molecular flexibility index (Phi) is 4.82. The third-order valence-corrected chi connectivity index (χ3v) is 3.06. The van der Waals surface area contributed by atoms with Gasteiger partial charge in [-0.25, -0.2) is 0 Å². The van der Waals surface area contributed by atoms with Crippen LogP contribution in [0.4, 0.5) is 0 Å². The van der Waals surface area contributed by atoms with Crippen LogP contribution in [0, 0.1) is 0 Å². The first-order chi connectivity index (χ1) is 9.24. The minimum Gasteiger partial charge on any atom is -0.490 e. The van der Waals surface area contributed by atoms with Crippen LogP contribution in [0.25, 0.3) is 0 Å². The molecule has 0 atom stereocenters. The number of halogens is 1. The highest BCUT2D eigenvalue weighted by Gasteiger charge is 2.09. The fourth-order valence-corrected chi connectivity index (χ4v) is 2.11. The molecule has 2 aromatic carbocycles. The molecule has 2 rings (SSSR count). The molecule has 0 fully saturated rings. The van der Waals surface area contributed by atoms with Crippen molar-refractivity contribution >= 4 is 15.9 Å². The molecule has 3 nitrogen and oxygen atoms in total. The Hall–Kier alpha value is -1.52. The molecule has 0 aromatic heterocycles. The lowest BCUT2D eigenvalue weighted by molar-refractivity contribution is 0.274. The Labute approximate surface area is 120 Å². The third kappa shape index (κ3) is 3.49. The van der Waals surface area contributed by atoms with Crippen molar-refractivity contribution in [2.75, 3.05) is 6.61 Å². The second-order valence-corrected chi connectivity index (χ2v) is 4.81. The zero-order valence-electron chi connectivity index (χ0n) is 10.6. The number of rotatable bonds is 5. The highest BCUT2D eigenvalue weighted by molar-refractivity contribution is 9.10. The van der Waals surface area contributed by atoms with Gasteiger partial charge >= 0.3 is 0 Å². The van der Waals surface area contributed by atoms with E-state index in [0.717, 1.165) is 10.0 Å². The van der Waals surface area contributed by atoms with E-state index in [-0.39, 0.29) is 6.61 Å². The molecule has 0 aliphatic rings. The standard InChI is InChI=1S/C15H15BrO3/c1-2-18-14-5-3-4-6-15(14)19-13-8-7-12(16)9-11(13)10-17/h3-9,17H,2,10H2,1H3. The molecule has 2 aromatic rings. The second-order valence-electron chi connectivity index (χ2n) is 3.89. The molecule has 19 heavy (non-hydrogen) atoms. The number of aliphatic hydroxyl groups is 1. The summed E-state index contributed by atoms with van der Waals surface area (Å²) in [5, 5.41) is 9.36. The van der Waals surface area contributed by atoms with Crippen LogP contribution in [0.1, 0.15) is 12.5 Å². The van der Waals surface area contributed by atoms with Crippen LogP contribution < -0.4 is 9.47 Å². The largest absolute Gasteiger partial charge is 0.490 e. The Morgan fingerprint density at radius 3 is 2.47 bits per heavy atom. The maximum absolute atomic E-state index is 9.36. The van der Waals surface area contributed by atoms with E-state index in [2.05, 4.69) is 15.9 Å². The van der Waals surface area contributed by atoms with Gasteiger partial charge in [0, 0.05) is 10.0 Å². The highest BCUT2D eigenvalue weighted by atomic mass is 79.9. The summed E-state index contributed by atoms with van der Waals surface area (Å²) in [5.74, 6) is 1.95. The Balaban J connectivity index is 2.30. The number of benzene rings is 2. The van der Waals surface area contributed by atoms with E-state index in [1.165, 1.54) is 0 Å². The van der Waals surface area contributed by atoms with Gasteiger partial charge in [0.2, 0.25) is 0 Å². The van der Waals surface area contributed by atoms with Crippen LogP contribution in [0.15, 0.2) is 46.9 Å². The predicted molar refractivity (Wildman–Crippen MR) is 77.7 cm³/mol. The van der Waals surface area contributed by atoms with Crippen LogP contribution >= 0.6 is 15.9 Å². The summed E-state index contributed by atoms with van der Waals surface area (Å²) in [6.07, 6.45) is 0. The van der Waals surface area contributed by atoms with Gasteiger partial charge in [-0.2, -0.15) is 0 Å². The van der Waals surface area contributed by atoms with Crippen LogP contribution in [0.3, 0.4) is 0 Å². The summed E-state index contributed by atoms with van der Waals surface area (Å²) >= 11 is 3.37. The Morgan fingerprint density at radius 1 is 1.05 bits per heavy atom. The summed E-state index contributed by atoms with van der Waals surface area (Å²) in [7, 11) is 0. The number of hydrogen-bond acceptors (Lipinski definition) is 3. The number of hydrogen-bond donors (Lipinski definition) is 1. The minimum absolute atomic E-state index is 0.0778. The second kappa shape index (κ2) is 6.59. The van der Waals surface area contributed by atoms with Gasteiger partial charge in [0.05, 0.1) is 13.2 Å². The van der Waals surface area contributed by atoms with Gasteiger partial charge < -0.3 is 14.6 Å². The first kappa shape index (κ1) is 13.9. The molecule has 0 bridgehead atoms. The summed E-state index contributed by atoms with van der Waals surface area (Å²) in [6.45, 7) is 2.43. The third-order valence-electron chi connectivity index (χ3n) is 2.56. The topological polar surface area (TPSA) is 38.7 Å². The van der Waals surface area contributed by atoms with E-state index in [1.807, 2.05) is 49.4 Å². The molecular weight excluding hydrogens is 308 g/mol. The smallest absolute Gasteiger partial charge is 0.169 e. The van der Waals surface area contributed by atoms with Crippen molar-refractivity contribution in [1.82, 2.24) is 0 Å². The van der Waals surface area contributed by atoms with E-state index in [9.17, 15) is 5.11 Å². The quantitative estimate of drug-likeness (QED) is 0.899. The van der Waals surface area contributed by atoms with Crippen molar-refractivity contribution in [1.29, 1.82) is 0 Å². The molecular formula is C15H15BrO3. The molecule has 0 aliphatic carbocycles. The van der Waals surface area contributed by atoms with Crippen molar-refractivity contribution < 1.29 is 14.6 Å². The van der Waals surface area contributed by atoms with Crippen LogP contribution in [-0.2, 0) is 6.61 Å². The average molecular weight is 323 g/mol. The van der Waals surface area contributed by atoms with Gasteiger partial charge in [-0.05, 0) is 37.3 Å². The SMILES string of the molecule is CCOc1ccccc1Oc1ccc(Br)cc1CO. The van der Waals surface area contributed by atoms with E-state index >= 15 is 0 Å². The summed E-state index contributed by atoms with van der Waals surface area (Å²) in [4.78, 5) is 0. The molecule has 0 saturated carbocycles. The molecule has 0 aliphatic heterocycles. The lowest BCUT2D eigenvalue weighted by Crippen LogP contribution is -1.96. The van der Waals surface area contributed by atoms with Crippen molar-refractivity contribution in [2.45, 2.75) is 13.5 Å². The molecule has 0 saturated heterocycles. The summed E-state index contributed by atoms with van der Waals surface area (Å²) in [5.41, 5.74) is 0.723. The molecule has 100 valence electrons. The van der Waals surface area contributed by atoms with Crippen molar-refractivity contribution in [3.63, 3.8) is 0 Å². The summed E-state index contributed by atoms with van der Waals surface area (Å²) in [6, 6.07) is 13.0. The van der Waals surface area contributed by atoms with E-state index in [4.69, 9.17) is 9.47 Å². The van der Waals surface area contributed by atoms with E-state index < -0.39 is 0 Å². The molecule has 0 radical (unpaired) electrons. The first-order valence-corrected chi connectivity index (χ1v) is 6.83. The molecule has 0 spiro atoms. The van der Waals surface area contributed by atoms with E-state index in [0.29, 0.717) is 23.9 Å². The highest BCUT2D eigenvalue weighted by Crippen LogP contribution is 2.34. The maximum atomic E-state index is 9.36. The van der Waals surface area contributed by atoms with Gasteiger partial charge in [-0.15, -0.1) is 0 Å². The van der Waals surface area contributed by atoms with E-state index in [1.54, 1.807) is 0 Å². The first-order valence-electron chi connectivity index (χ1n) is 6.03. The van der Waals surface area contributed by atoms with Crippen LogP contribution in [0.2, 0.25) is 0 Å². The number of aliphatic hydroxyl groups excluding tert-OH is 1. The maximum Gasteiger partial charge on any atom is 0.169 e. The molecule has 0 unspecified atom stereocenters. The normalized spacial score (nSPS) is 10.3. The molecule has 4 heteroatoms. The van der Waals surface area contributed by atoms with Crippen molar-refractivity contribution in [3.8, 4) is 17.2 Å². The molecule has 1 N–H and O–H groups in total. The number of para-hydroxylation sites is 2. The van der Waals surface area contributed by atoms with Crippen LogP contribution in [0.5, 0.6) is 17.2 Å². The van der Waals surface area contributed by atoms with Gasteiger partial charge in [-0.1, -0.05) is 28.1 Å². The van der Waals surface area contributed by atoms with Gasteiger partial charge in [0.1, 0.15) is 5.75 Å². The summed E-state index contributed by atoms with van der Waals surface area (Å²) < 4.78 is 12.2.